The second-order valence-corrected chi connectivity index (χ2v) is 17.1. The van der Waals surface area contributed by atoms with Gasteiger partial charge in [0.1, 0.15) is 0 Å². The van der Waals surface area contributed by atoms with E-state index in [4.69, 9.17) is 6.57 Å². The van der Waals surface area contributed by atoms with Crippen molar-refractivity contribution in [1.29, 1.82) is 0 Å². The molecule has 0 aliphatic heterocycles. The van der Waals surface area contributed by atoms with Gasteiger partial charge in [0.25, 0.3) is 17.7 Å². The van der Waals surface area contributed by atoms with E-state index in [2.05, 4.69) is 52.6 Å². The number of alkyl halides is 3. The van der Waals surface area contributed by atoms with E-state index in [1.165, 1.54) is 12.2 Å². The van der Waals surface area contributed by atoms with Crippen molar-refractivity contribution in [3.63, 3.8) is 0 Å². The summed E-state index contributed by atoms with van der Waals surface area (Å²) >= 11 is 8.08. The van der Waals surface area contributed by atoms with Crippen molar-refractivity contribution < 1.29 is 16.8 Å². The molecular weight excluding hydrogens is 478 g/mol. The lowest BCUT2D eigenvalue weighted by molar-refractivity contribution is 0.587. The highest BCUT2D eigenvalue weighted by atomic mass is 80.0. The van der Waals surface area contributed by atoms with Crippen LogP contribution in [0.2, 0.25) is 0 Å². The molecule has 100 valence electrons. The Hall–Kier alpha value is 0.310. The third kappa shape index (κ3) is 2.90. The van der Waals surface area contributed by atoms with Gasteiger partial charge in [0, 0.05) is 6.42 Å². The van der Waals surface area contributed by atoms with E-state index in [1.54, 1.807) is 0 Å². The van der Waals surface area contributed by atoms with Gasteiger partial charge < -0.3 is 4.85 Å². The molecule has 10 heteroatoms. The predicted molar refractivity (Wildman–Crippen MR) is 79.6 cm³/mol. The van der Waals surface area contributed by atoms with Gasteiger partial charge in [-0.1, -0.05) is 6.08 Å². The van der Waals surface area contributed by atoms with E-state index in [9.17, 15) is 16.8 Å². The van der Waals surface area contributed by atoms with E-state index in [1.807, 2.05) is 0 Å². The Bertz CT molecular complexity index is 649. The molecule has 0 fully saturated rings. The lowest BCUT2D eigenvalue weighted by Gasteiger charge is -2.15. The zero-order chi connectivity index (χ0) is 14.2. The van der Waals surface area contributed by atoms with E-state index in [0.29, 0.717) is 0 Å². The molecule has 0 aromatic carbocycles. The van der Waals surface area contributed by atoms with Gasteiger partial charge in [0.05, 0.1) is 4.91 Å². The smallest absolute Gasteiger partial charge is 0.293 e. The molecule has 0 saturated heterocycles. The molecule has 0 aromatic heterocycles. The van der Waals surface area contributed by atoms with Gasteiger partial charge in [-0.3, -0.25) is 0 Å². The molecule has 0 saturated carbocycles. The summed E-state index contributed by atoms with van der Waals surface area (Å²) in [4.78, 5) is 2.89. The van der Waals surface area contributed by atoms with Crippen LogP contribution in [0.15, 0.2) is 23.1 Å². The fraction of sp³-hybridized carbons (Fsp3) is 0.375. The average Bonchev–Trinajstić information content (AvgIpc) is 2.27. The average molecular weight is 484 g/mol. The second kappa shape index (κ2) is 5.36. The largest absolute Gasteiger partial charge is 0.309 e. The first-order valence-corrected chi connectivity index (χ1v) is 10.2. The van der Waals surface area contributed by atoms with Crippen LogP contribution in [0, 0.1) is 6.57 Å². The summed E-state index contributed by atoms with van der Waals surface area (Å²) in [6, 6.07) is -0.451. The first kappa shape index (κ1) is 16.4. The quantitative estimate of drug-likeness (QED) is 0.344. The van der Waals surface area contributed by atoms with Crippen molar-refractivity contribution >= 4 is 65.5 Å². The number of hydrogen-bond acceptors (Lipinski definition) is 4. The maximum atomic E-state index is 12.0. The minimum absolute atomic E-state index is 0.171. The Morgan fingerprint density at radius 3 is 2.17 bits per heavy atom. The Labute approximate surface area is 130 Å². The molecule has 0 amide bonds. The number of hydrogen-bond donors (Lipinski definition) is 0. The molecule has 1 aliphatic rings. The van der Waals surface area contributed by atoms with E-state index < -0.39 is 25.3 Å². The summed E-state index contributed by atoms with van der Waals surface area (Å²) < 4.78 is 45.7. The Kier molecular flexibility index (Phi) is 4.87. The Morgan fingerprint density at radius 1 is 1.28 bits per heavy atom. The molecule has 1 unspecified atom stereocenters. The van der Waals surface area contributed by atoms with Crippen molar-refractivity contribution in [2.75, 3.05) is 0 Å². The minimum Gasteiger partial charge on any atom is -0.309 e. The van der Waals surface area contributed by atoms with E-state index in [0.717, 1.165) is 6.08 Å². The van der Waals surface area contributed by atoms with Crippen LogP contribution >= 0.6 is 47.8 Å². The fourth-order valence-electron chi connectivity index (χ4n) is 1.12. The summed E-state index contributed by atoms with van der Waals surface area (Å²) in [6.45, 7) is 6.80. The predicted octanol–water partition coefficient (Wildman–Crippen LogP) is 2.66. The molecule has 5 nitrogen and oxygen atoms in total. The molecule has 1 atom stereocenters. The summed E-state index contributed by atoms with van der Waals surface area (Å²) in [5.41, 5.74) is 0. The SMILES string of the molecule is [C-]#[N+]C1C=CC(S(=O)(=O)S(=O)(=O)C(Br)(Br)Br)=CC1. The lowest BCUT2D eigenvalue weighted by Crippen LogP contribution is -2.28. The van der Waals surface area contributed by atoms with Gasteiger partial charge in [-0.25, -0.2) is 23.4 Å². The summed E-state index contributed by atoms with van der Waals surface area (Å²) in [5, 5.41) is 0. The zero-order valence-corrected chi connectivity index (χ0v) is 14.9. The van der Waals surface area contributed by atoms with Crippen LogP contribution in [0.4, 0.5) is 0 Å². The standard InChI is InChI=1S/C8H6Br3NO4S2/c1-12-6-2-4-7(5-3-6)17(13,14)18(15,16)8(9,10)11/h2,4-6H,3H2. The molecule has 0 heterocycles. The molecule has 0 aromatic rings. The van der Waals surface area contributed by atoms with Crippen LogP contribution in [-0.4, -0.2) is 24.4 Å². The van der Waals surface area contributed by atoms with Crippen molar-refractivity contribution in [2.45, 2.75) is 13.9 Å². The molecule has 1 rings (SSSR count). The molecule has 0 radical (unpaired) electrons. The molecule has 1 aliphatic carbocycles. The second-order valence-electron chi connectivity index (χ2n) is 3.25. The minimum atomic E-state index is -4.57. The molecule has 18 heavy (non-hydrogen) atoms. The van der Waals surface area contributed by atoms with Gasteiger partial charge in [-0.05, 0) is 59.9 Å². The zero-order valence-electron chi connectivity index (χ0n) is 8.55. The van der Waals surface area contributed by atoms with Crippen LogP contribution in [-0.2, 0) is 17.7 Å². The Morgan fingerprint density at radius 2 is 1.83 bits per heavy atom. The summed E-state index contributed by atoms with van der Waals surface area (Å²) in [7, 11) is -9.12. The number of nitrogens with zero attached hydrogens (tertiary/aromatic N) is 1. The monoisotopic (exact) mass is 481 g/mol. The molecule has 0 N–H and O–H groups in total. The van der Waals surface area contributed by atoms with Gasteiger partial charge in [-0.2, -0.15) is 0 Å². The number of rotatable bonds is 2. The fourth-order valence-corrected chi connectivity index (χ4v) is 8.74. The molecule has 0 spiro atoms. The molecular formula is C8H6Br3NO4S2. The van der Waals surface area contributed by atoms with Gasteiger partial charge in [0.2, 0.25) is 7.52 Å². The maximum Gasteiger partial charge on any atom is 0.293 e. The van der Waals surface area contributed by atoms with Gasteiger partial charge >= 0.3 is 0 Å². The lowest BCUT2D eigenvalue weighted by atomic mass is 10.1. The maximum absolute atomic E-state index is 12.0. The third-order valence-corrected chi connectivity index (χ3v) is 12.9. The summed E-state index contributed by atoms with van der Waals surface area (Å²) in [5.74, 6) is 0. The molecule has 0 bridgehead atoms. The first-order valence-electron chi connectivity index (χ1n) is 4.35. The van der Waals surface area contributed by atoms with Crippen LogP contribution < -0.4 is 0 Å². The van der Waals surface area contributed by atoms with E-state index in [-0.39, 0.29) is 11.3 Å². The highest BCUT2D eigenvalue weighted by molar-refractivity contribution is 9.43. The number of halogens is 3. The van der Waals surface area contributed by atoms with Crippen LogP contribution in [0.5, 0.6) is 0 Å². The summed E-state index contributed by atoms with van der Waals surface area (Å²) in [6.07, 6.45) is 3.91. The van der Waals surface area contributed by atoms with Crippen LogP contribution in [0.3, 0.4) is 0 Å². The number of allylic oxidation sites excluding steroid dienone is 1. The van der Waals surface area contributed by atoms with E-state index >= 15 is 0 Å². The van der Waals surface area contributed by atoms with Gasteiger partial charge in [-0.15, -0.1) is 0 Å². The van der Waals surface area contributed by atoms with Crippen molar-refractivity contribution in [3.8, 4) is 0 Å². The highest BCUT2D eigenvalue weighted by Crippen LogP contribution is 2.44. The first-order chi connectivity index (χ1) is 8.04. The third-order valence-electron chi connectivity index (χ3n) is 2.07. The highest BCUT2D eigenvalue weighted by Gasteiger charge is 2.48. The van der Waals surface area contributed by atoms with Crippen LogP contribution in [0.25, 0.3) is 4.85 Å². The Balaban J connectivity index is 3.26. The van der Waals surface area contributed by atoms with Gasteiger partial charge in [0.15, 0.2) is 0 Å². The van der Waals surface area contributed by atoms with Crippen molar-refractivity contribution in [2.24, 2.45) is 0 Å². The topological polar surface area (TPSA) is 72.6 Å². The normalized spacial score (nSPS) is 21.2. The van der Waals surface area contributed by atoms with Crippen LogP contribution in [0.1, 0.15) is 6.42 Å². The van der Waals surface area contributed by atoms with Crippen molar-refractivity contribution in [1.82, 2.24) is 0 Å². The van der Waals surface area contributed by atoms with Crippen molar-refractivity contribution in [3.05, 3.63) is 34.6 Å².